The number of rotatable bonds is 4. The van der Waals surface area contributed by atoms with Crippen LogP contribution in [0.4, 0.5) is 4.39 Å². The topological polar surface area (TPSA) is 33.1 Å². The maximum Gasteiger partial charge on any atom is 0.123 e. The van der Waals surface area contributed by atoms with Crippen LogP contribution in [0.2, 0.25) is 0 Å². The predicted molar refractivity (Wildman–Crippen MR) is 88.5 cm³/mol. The van der Waals surface area contributed by atoms with Crippen molar-refractivity contribution in [1.29, 1.82) is 0 Å². The average Bonchev–Trinajstić information content (AvgIpc) is 2.47. The lowest BCUT2D eigenvalue weighted by molar-refractivity contribution is 0.280. The summed E-state index contributed by atoms with van der Waals surface area (Å²) in [4.78, 5) is 4.81. The van der Waals surface area contributed by atoms with E-state index in [0.29, 0.717) is 5.92 Å². The standard InChI is InChI=1S/C19H24FNO/c1-11(2)18-13(5)17(14-6-8-15(20)9-7-14)16(10-22)19(21-18)12(3)4/h6-9,11-12,22H,10H2,1-5H3. The minimum atomic E-state index is -0.255. The van der Waals surface area contributed by atoms with Gasteiger partial charge in [-0.15, -0.1) is 0 Å². The summed E-state index contributed by atoms with van der Waals surface area (Å²) in [7, 11) is 0. The third-order valence-electron chi connectivity index (χ3n) is 4.00. The number of pyridine rings is 1. The Bertz CT molecular complexity index is 660. The van der Waals surface area contributed by atoms with Gasteiger partial charge in [0.25, 0.3) is 0 Å². The Hall–Kier alpha value is -1.74. The van der Waals surface area contributed by atoms with Crippen molar-refractivity contribution in [2.75, 3.05) is 0 Å². The van der Waals surface area contributed by atoms with Crippen molar-refractivity contribution in [2.45, 2.75) is 53.1 Å². The predicted octanol–water partition coefficient (Wildman–Crippen LogP) is 4.94. The molecule has 2 rings (SSSR count). The molecule has 1 heterocycles. The maximum absolute atomic E-state index is 13.2. The van der Waals surface area contributed by atoms with Crippen LogP contribution in [0.15, 0.2) is 24.3 Å². The molecule has 0 saturated heterocycles. The van der Waals surface area contributed by atoms with Crippen LogP contribution in [0.3, 0.4) is 0 Å². The summed E-state index contributed by atoms with van der Waals surface area (Å²) in [6.07, 6.45) is 0. The Morgan fingerprint density at radius 2 is 1.55 bits per heavy atom. The van der Waals surface area contributed by atoms with Crippen LogP contribution in [0.5, 0.6) is 0 Å². The number of nitrogens with zero attached hydrogens (tertiary/aromatic N) is 1. The number of benzene rings is 1. The monoisotopic (exact) mass is 301 g/mol. The third kappa shape index (κ3) is 3.05. The Labute approximate surface area is 132 Å². The van der Waals surface area contributed by atoms with E-state index in [1.807, 2.05) is 6.92 Å². The zero-order valence-electron chi connectivity index (χ0n) is 13.9. The lowest BCUT2D eigenvalue weighted by atomic mass is 9.88. The highest BCUT2D eigenvalue weighted by Gasteiger charge is 2.21. The van der Waals surface area contributed by atoms with Crippen LogP contribution in [0.25, 0.3) is 11.1 Å². The first-order valence-electron chi connectivity index (χ1n) is 7.76. The molecule has 1 aromatic carbocycles. The zero-order valence-corrected chi connectivity index (χ0v) is 13.9. The van der Waals surface area contributed by atoms with E-state index in [4.69, 9.17) is 4.98 Å². The summed E-state index contributed by atoms with van der Waals surface area (Å²) in [5.41, 5.74) is 5.80. The Balaban J connectivity index is 2.81. The number of hydrogen-bond acceptors (Lipinski definition) is 2. The maximum atomic E-state index is 13.2. The molecular weight excluding hydrogens is 277 g/mol. The fourth-order valence-corrected chi connectivity index (χ4v) is 2.97. The van der Waals surface area contributed by atoms with E-state index in [2.05, 4.69) is 27.7 Å². The molecule has 2 nitrogen and oxygen atoms in total. The SMILES string of the molecule is Cc1c(C(C)C)nc(C(C)C)c(CO)c1-c1ccc(F)cc1. The van der Waals surface area contributed by atoms with Gasteiger partial charge in [0.2, 0.25) is 0 Å². The molecule has 0 amide bonds. The Morgan fingerprint density at radius 1 is 1.00 bits per heavy atom. The van der Waals surface area contributed by atoms with Crippen LogP contribution in [0.1, 0.15) is 62.0 Å². The van der Waals surface area contributed by atoms with E-state index < -0.39 is 0 Å². The highest BCUT2D eigenvalue weighted by atomic mass is 19.1. The van der Waals surface area contributed by atoms with Crippen molar-refractivity contribution in [2.24, 2.45) is 0 Å². The molecule has 1 N–H and O–H groups in total. The molecule has 118 valence electrons. The highest BCUT2D eigenvalue weighted by Crippen LogP contribution is 2.35. The number of hydrogen-bond donors (Lipinski definition) is 1. The number of aromatic nitrogens is 1. The molecule has 0 radical (unpaired) electrons. The molecule has 3 heteroatoms. The minimum Gasteiger partial charge on any atom is -0.392 e. The van der Waals surface area contributed by atoms with E-state index in [1.54, 1.807) is 12.1 Å². The summed E-state index contributed by atoms with van der Waals surface area (Å²) in [6, 6.07) is 6.46. The Morgan fingerprint density at radius 3 is 2.00 bits per heavy atom. The molecule has 0 aliphatic rings. The van der Waals surface area contributed by atoms with Gasteiger partial charge in [-0.2, -0.15) is 0 Å². The second kappa shape index (κ2) is 6.57. The van der Waals surface area contributed by atoms with E-state index in [0.717, 1.165) is 33.6 Å². The van der Waals surface area contributed by atoms with Gasteiger partial charge in [0.15, 0.2) is 0 Å². The van der Waals surface area contributed by atoms with Crippen molar-refractivity contribution in [1.82, 2.24) is 4.98 Å². The molecule has 0 saturated carbocycles. The smallest absolute Gasteiger partial charge is 0.123 e. The van der Waals surface area contributed by atoms with E-state index >= 15 is 0 Å². The van der Waals surface area contributed by atoms with Gasteiger partial charge in [0.1, 0.15) is 5.82 Å². The van der Waals surface area contributed by atoms with Gasteiger partial charge in [-0.3, -0.25) is 4.98 Å². The fourth-order valence-electron chi connectivity index (χ4n) is 2.97. The van der Waals surface area contributed by atoms with E-state index in [1.165, 1.54) is 12.1 Å². The first-order valence-corrected chi connectivity index (χ1v) is 7.76. The summed E-state index contributed by atoms with van der Waals surface area (Å²) >= 11 is 0. The summed E-state index contributed by atoms with van der Waals surface area (Å²) in [6.45, 7) is 10.4. The third-order valence-corrected chi connectivity index (χ3v) is 4.00. The van der Waals surface area contributed by atoms with Gasteiger partial charge in [0.05, 0.1) is 6.61 Å². The van der Waals surface area contributed by atoms with Gasteiger partial charge < -0.3 is 5.11 Å². The van der Waals surface area contributed by atoms with Crippen LogP contribution in [-0.2, 0) is 6.61 Å². The van der Waals surface area contributed by atoms with Crippen molar-refractivity contribution in [3.63, 3.8) is 0 Å². The number of halogens is 1. The van der Waals surface area contributed by atoms with Crippen LogP contribution in [-0.4, -0.2) is 10.1 Å². The highest BCUT2D eigenvalue weighted by molar-refractivity contribution is 5.72. The molecule has 0 aliphatic heterocycles. The van der Waals surface area contributed by atoms with Crippen molar-refractivity contribution in [3.05, 3.63) is 52.6 Å². The second-order valence-electron chi connectivity index (χ2n) is 6.34. The lowest BCUT2D eigenvalue weighted by Gasteiger charge is -2.22. The molecule has 0 bridgehead atoms. The molecule has 1 aromatic heterocycles. The van der Waals surface area contributed by atoms with Gasteiger partial charge >= 0.3 is 0 Å². The number of aliphatic hydroxyl groups is 1. The van der Waals surface area contributed by atoms with Crippen molar-refractivity contribution in [3.8, 4) is 11.1 Å². The van der Waals surface area contributed by atoms with Crippen LogP contribution < -0.4 is 0 Å². The first-order chi connectivity index (χ1) is 10.4. The second-order valence-corrected chi connectivity index (χ2v) is 6.34. The molecule has 0 atom stereocenters. The average molecular weight is 301 g/mol. The zero-order chi connectivity index (χ0) is 16.4. The molecule has 0 aliphatic carbocycles. The van der Waals surface area contributed by atoms with E-state index in [9.17, 15) is 9.50 Å². The molecule has 0 unspecified atom stereocenters. The van der Waals surface area contributed by atoms with Crippen LogP contribution >= 0.6 is 0 Å². The number of aliphatic hydroxyl groups excluding tert-OH is 1. The van der Waals surface area contributed by atoms with Gasteiger partial charge in [-0.05, 0) is 47.6 Å². The van der Waals surface area contributed by atoms with Crippen molar-refractivity contribution < 1.29 is 9.50 Å². The summed E-state index contributed by atoms with van der Waals surface area (Å²) in [5.74, 6) is 0.262. The largest absolute Gasteiger partial charge is 0.392 e. The summed E-state index contributed by atoms with van der Waals surface area (Å²) in [5, 5.41) is 9.90. The van der Waals surface area contributed by atoms with Gasteiger partial charge in [0, 0.05) is 17.0 Å². The quantitative estimate of drug-likeness (QED) is 0.868. The summed E-state index contributed by atoms with van der Waals surface area (Å²) < 4.78 is 13.2. The Kier molecular flexibility index (Phi) is 4.97. The van der Waals surface area contributed by atoms with Crippen LogP contribution in [0, 0.1) is 12.7 Å². The fraction of sp³-hybridized carbons (Fsp3) is 0.421. The minimum absolute atomic E-state index is 0.0631. The molecule has 2 aromatic rings. The first kappa shape index (κ1) is 16.6. The lowest BCUT2D eigenvalue weighted by Crippen LogP contribution is -2.10. The van der Waals surface area contributed by atoms with E-state index in [-0.39, 0.29) is 18.3 Å². The van der Waals surface area contributed by atoms with Gasteiger partial charge in [-0.25, -0.2) is 4.39 Å². The molecule has 0 spiro atoms. The molecular formula is C19H24FNO. The van der Waals surface area contributed by atoms with Gasteiger partial charge in [-0.1, -0.05) is 39.8 Å². The van der Waals surface area contributed by atoms with Crippen molar-refractivity contribution >= 4 is 0 Å². The molecule has 22 heavy (non-hydrogen) atoms. The molecule has 0 fully saturated rings. The normalized spacial score (nSPS) is 11.5.